The maximum atomic E-state index is 12.2. The van der Waals surface area contributed by atoms with E-state index in [0.29, 0.717) is 19.0 Å². The Hall–Kier alpha value is -1.76. The summed E-state index contributed by atoms with van der Waals surface area (Å²) < 4.78 is 6.26. The summed E-state index contributed by atoms with van der Waals surface area (Å²) in [4.78, 5) is 25.1. The molecule has 1 amide bonds. The Morgan fingerprint density at radius 2 is 1.92 bits per heavy atom. The first-order chi connectivity index (χ1) is 12.1. The van der Waals surface area contributed by atoms with E-state index in [2.05, 4.69) is 28.2 Å². The Bertz CT molecular complexity index is 664. The number of ether oxygens (including phenoxy) is 1. The lowest BCUT2D eigenvalue weighted by atomic mass is 9.90. The summed E-state index contributed by atoms with van der Waals surface area (Å²) in [6.07, 6.45) is 1.50. The number of rotatable bonds is 4. The van der Waals surface area contributed by atoms with Crippen LogP contribution in [0, 0.1) is 5.92 Å². The molecule has 6 nitrogen and oxygen atoms in total. The number of hydrogen-bond acceptors (Lipinski definition) is 4. The number of nitrogens with zero attached hydrogens (tertiary/aromatic N) is 1. The SMILES string of the molecule is CC(Nc1cc(C(=O)O)ccc1Br)C1CCN(C(=O)OC(C)(C)C)CC1. The van der Waals surface area contributed by atoms with Crippen LogP contribution in [-0.4, -0.2) is 46.8 Å². The first kappa shape index (κ1) is 20.6. The van der Waals surface area contributed by atoms with Crippen molar-refractivity contribution >= 4 is 33.7 Å². The summed E-state index contributed by atoms with van der Waals surface area (Å²) in [6.45, 7) is 9.03. The molecule has 1 unspecified atom stereocenters. The summed E-state index contributed by atoms with van der Waals surface area (Å²) in [5.41, 5.74) is 0.541. The highest BCUT2D eigenvalue weighted by Gasteiger charge is 2.29. The Balaban J connectivity index is 1.93. The van der Waals surface area contributed by atoms with Gasteiger partial charge in [-0.2, -0.15) is 0 Å². The van der Waals surface area contributed by atoms with E-state index in [-0.39, 0.29) is 17.7 Å². The molecule has 1 aromatic carbocycles. The van der Waals surface area contributed by atoms with Crippen molar-refractivity contribution in [1.82, 2.24) is 4.90 Å². The number of benzene rings is 1. The number of carbonyl (C=O) groups is 2. The van der Waals surface area contributed by atoms with Gasteiger partial charge in [-0.3, -0.25) is 0 Å². The maximum Gasteiger partial charge on any atom is 0.410 e. The van der Waals surface area contributed by atoms with Gasteiger partial charge in [-0.05, 0) is 80.6 Å². The van der Waals surface area contributed by atoms with Crippen molar-refractivity contribution in [2.75, 3.05) is 18.4 Å². The number of carboxylic acid groups (broad SMARTS) is 1. The highest BCUT2D eigenvalue weighted by molar-refractivity contribution is 9.10. The maximum absolute atomic E-state index is 12.2. The van der Waals surface area contributed by atoms with Gasteiger partial charge in [-0.15, -0.1) is 0 Å². The normalized spacial score (nSPS) is 16.9. The lowest BCUT2D eigenvalue weighted by Gasteiger charge is -2.36. The highest BCUT2D eigenvalue weighted by Crippen LogP contribution is 2.28. The molecule has 1 aliphatic rings. The molecule has 1 atom stereocenters. The standard InChI is InChI=1S/C19H27BrN2O4/c1-12(21-16-11-14(17(23)24)5-6-15(16)20)13-7-9-22(10-8-13)18(25)26-19(2,3)4/h5-6,11-13,21H,7-10H2,1-4H3,(H,23,24). The van der Waals surface area contributed by atoms with Crippen LogP contribution in [0.3, 0.4) is 0 Å². The molecule has 1 aliphatic heterocycles. The Morgan fingerprint density at radius 1 is 1.31 bits per heavy atom. The van der Waals surface area contributed by atoms with Crippen LogP contribution >= 0.6 is 15.9 Å². The molecule has 1 heterocycles. The van der Waals surface area contributed by atoms with E-state index in [1.807, 2.05) is 20.8 Å². The van der Waals surface area contributed by atoms with E-state index in [9.17, 15) is 9.59 Å². The third-order valence-corrected chi connectivity index (χ3v) is 5.19. The molecule has 1 saturated heterocycles. The molecule has 1 aromatic rings. The van der Waals surface area contributed by atoms with Gasteiger partial charge >= 0.3 is 12.1 Å². The van der Waals surface area contributed by atoms with Gasteiger partial charge in [0.25, 0.3) is 0 Å². The lowest BCUT2D eigenvalue weighted by Crippen LogP contribution is -2.44. The molecule has 0 aliphatic carbocycles. The summed E-state index contributed by atoms with van der Waals surface area (Å²) in [5, 5.41) is 12.6. The number of likely N-dealkylation sites (tertiary alicyclic amines) is 1. The number of aromatic carboxylic acids is 1. The van der Waals surface area contributed by atoms with Crippen LogP contribution in [-0.2, 0) is 4.74 Å². The number of piperidine rings is 1. The Kier molecular flexibility index (Phi) is 6.55. The highest BCUT2D eigenvalue weighted by atomic mass is 79.9. The average Bonchev–Trinajstić information content (AvgIpc) is 2.55. The second kappa shape index (κ2) is 8.29. The fourth-order valence-corrected chi connectivity index (χ4v) is 3.40. The van der Waals surface area contributed by atoms with Gasteiger partial charge in [0.05, 0.1) is 5.56 Å². The van der Waals surface area contributed by atoms with E-state index >= 15 is 0 Å². The minimum absolute atomic E-state index is 0.163. The predicted octanol–water partition coefficient (Wildman–Crippen LogP) is 4.59. The molecule has 0 radical (unpaired) electrons. The first-order valence-electron chi connectivity index (χ1n) is 8.84. The van der Waals surface area contributed by atoms with Crippen molar-refractivity contribution < 1.29 is 19.4 Å². The number of halogens is 1. The summed E-state index contributed by atoms with van der Waals surface area (Å²) in [6, 6.07) is 5.11. The lowest BCUT2D eigenvalue weighted by molar-refractivity contribution is 0.0179. The van der Waals surface area contributed by atoms with Crippen LogP contribution in [0.5, 0.6) is 0 Å². The van der Waals surface area contributed by atoms with E-state index in [0.717, 1.165) is 23.0 Å². The number of anilines is 1. The molecular weight excluding hydrogens is 400 g/mol. The second-order valence-corrected chi connectivity index (χ2v) is 8.59. The predicted molar refractivity (Wildman–Crippen MR) is 105 cm³/mol. The summed E-state index contributed by atoms with van der Waals surface area (Å²) in [5.74, 6) is -0.548. The van der Waals surface area contributed by atoms with Crippen molar-refractivity contribution in [3.63, 3.8) is 0 Å². The van der Waals surface area contributed by atoms with Gasteiger partial charge in [0, 0.05) is 29.3 Å². The molecule has 0 spiro atoms. The molecule has 0 saturated carbocycles. The number of carbonyl (C=O) groups excluding carboxylic acids is 1. The molecule has 2 N–H and O–H groups in total. The molecule has 0 aromatic heterocycles. The molecule has 2 rings (SSSR count). The van der Waals surface area contributed by atoms with Gasteiger partial charge in [0.2, 0.25) is 0 Å². The van der Waals surface area contributed by atoms with E-state index in [1.54, 1.807) is 23.1 Å². The summed E-state index contributed by atoms with van der Waals surface area (Å²) in [7, 11) is 0. The van der Waals surface area contributed by atoms with Crippen LogP contribution in [0.15, 0.2) is 22.7 Å². The van der Waals surface area contributed by atoms with Gasteiger partial charge in [0.15, 0.2) is 0 Å². The van der Waals surface area contributed by atoms with Gasteiger partial charge in [-0.25, -0.2) is 9.59 Å². The van der Waals surface area contributed by atoms with E-state index < -0.39 is 11.6 Å². The molecule has 1 fully saturated rings. The van der Waals surface area contributed by atoms with Crippen molar-refractivity contribution in [1.29, 1.82) is 0 Å². The zero-order valence-electron chi connectivity index (χ0n) is 15.7. The van der Waals surface area contributed by atoms with Crippen molar-refractivity contribution in [2.24, 2.45) is 5.92 Å². The zero-order chi connectivity index (χ0) is 19.5. The van der Waals surface area contributed by atoms with Gasteiger partial charge in [-0.1, -0.05) is 0 Å². The van der Waals surface area contributed by atoms with Crippen molar-refractivity contribution in [3.05, 3.63) is 28.2 Å². The number of amides is 1. The van der Waals surface area contributed by atoms with Crippen LogP contribution in [0.4, 0.5) is 10.5 Å². The van der Waals surface area contributed by atoms with Crippen molar-refractivity contribution in [2.45, 2.75) is 52.2 Å². The molecule has 144 valence electrons. The second-order valence-electron chi connectivity index (χ2n) is 7.74. The number of carboxylic acids is 1. The van der Waals surface area contributed by atoms with Crippen molar-refractivity contribution in [3.8, 4) is 0 Å². The minimum atomic E-state index is -0.945. The molecule has 7 heteroatoms. The zero-order valence-corrected chi connectivity index (χ0v) is 17.3. The average molecular weight is 427 g/mol. The smallest absolute Gasteiger partial charge is 0.410 e. The van der Waals surface area contributed by atoms with E-state index in [4.69, 9.17) is 9.84 Å². The quantitative estimate of drug-likeness (QED) is 0.735. The fourth-order valence-electron chi connectivity index (χ4n) is 3.04. The molecule has 26 heavy (non-hydrogen) atoms. The molecule has 0 bridgehead atoms. The fraction of sp³-hybridized carbons (Fsp3) is 0.579. The Morgan fingerprint density at radius 3 is 2.46 bits per heavy atom. The third-order valence-electron chi connectivity index (χ3n) is 4.49. The van der Waals surface area contributed by atoms with Crippen LogP contribution in [0.25, 0.3) is 0 Å². The first-order valence-corrected chi connectivity index (χ1v) is 9.63. The van der Waals surface area contributed by atoms with Crippen LogP contribution < -0.4 is 5.32 Å². The summed E-state index contributed by atoms with van der Waals surface area (Å²) >= 11 is 3.46. The number of hydrogen-bond donors (Lipinski definition) is 2. The monoisotopic (exact) mass is 426 g/mol. The number of nitrogens with one attached hydrogen (secondary N) is 1. The van der Waals surface area contributed by atoms with Crippen LogP contribution in [0.1, 0.15) is 50.9 Å². The third kappa shape index (κ3) is 5.62. The minimum Gasteiger partial charge on any atom is -0.478 e. The Labute approximate surface area is 163 Å². The molecular formula is C19H27BrN2O4. The van der Waals surface area contributed by atoms with Gasteiger partial charge < -0.3 is 20.1 Å². The van der Waals surface area contributed by atoms with E-state index in [1.165, 1.54) is 0 Å². The topological polar surface area (TPSA) is 78.9 Å². The largest absolute Gasteiger partial charge is 0.478 e. The van der Waals surface area contributed by atoms with Gasteiger partial charge in [0.1, 0.15) is 5.60 Å². The van der Waals surface area contributed by atoms with Crippen LogP contribution in [0.2, 0.25) is 0 Å².